The van der Waals surface area contributed by atoms with Crippen LogP contribution in [0.2, 0.25) is 5.02 Å². The molecule has 0 unspecified atom stereocenters. The van der Waals surface area contributed by atoms with Gasteiger partial charge in [-0.25, -0.2) is 17.9 Å². The van der Waals surface area contributed by atoms with Gasteiger partial charge < -0.3 is 4.74 Å². The van der Waals surface area contributed by atoms with Gasteiger partial charge in [0.05, 0.1) is 22.6 Å². The second-order valence-electron chi connectivity index (χ2n) is 5.77. The van der Waals surface area contributed by atoms with Crippen molar-refractivity contribution in [2.24, 2.45) is 0 Å². The van der Waals surface area contributed by atoms with E-state index in [0.29, 0.717) is 0 Å². The predicted molar refractivity (Wildman–Crippen MR) is 102 cm³/mol. The predicted octanol–water partition coefficient (Wildman–Crippen LogP) is 3.73. The summed E-state index contributed by atoms with van der Waals surface area (Å²) >= 11 is 5.95. The molecule has 2 aromatic rings. The molecule has 140 valence electrons. The van der Waals surface area contributed by atoms with Crippen LogP contribution in [0, 0.1) is 0 Å². The second-order valence-corrected chi connectivity index (χ2v) is 7.94. The topological polar surface area (TPSA) is 72.5 Å². The number of ether oxygens (including phenoxy) is 1. The first-order valence-corrected chi connectivity index (χ1v) is 10.2. The highest BCUT2D eigenvalue weighted by Gasteiger charge is 2.19. The third-order valence-electron chi connectivity index (χ3n) is 4.17. The van der Waals surface area contributed by atoms with Crippen LogP contribution in [0.1, 0.15) is 40.9 Å². The Bertz CT molecular complexity index is 910. The van der Waals surface area contributed by atoms with Crippen LogP contribution in [-0.4, -0.2) is 21.5 Å². The molecular weight excluding hydrogens is 374 g/mol. The van der Waals surface area contributed by atoms with Gasteiger partial charge in [0.2, 0.25) is 10.0 Å². The summed E-state index contributed by atoms with van der Waals surface area (Å²) in [7, 11) is -2.59. The summed E-state index contributed by atoms with van der Waals surface area (Å²) in [5.74, 6) is -0.684. The molecule has 7 heteroatoms. The molecule has 2 rings (SSSR count). The Morgan fingerprint density at radius 2 is 1.81 bits per heavy atom. The van der Waals surface area contributed by atoms with Crippen molar-refractivity contribution in [3.63, 3.8) is 0 Å². The van der Waals surface area contributed by atoms with Gasteiger partial charge in [0.1, 0.15) is 0 Å². The summed E-state index contributed by atoms with van der Waals surface area (Å²) in [4.78, 5) is 11.7. The van der Waals surface area contributed by atoms with E-state index in [1.165, 1.54) is 25.3 Å². The van der Waals surface area contributed by atoms with Gasteiger partial charge in [-0.2, -0.15) is 0 Å². The fraction of sp³-hybridized carbons (Fsp3) is 0.316. The Hall–Kier alpha value is -1.89. The molecule has 0 atom stereocenters. The molecule has 26 heavy (non-hydrogen) atoms. The van der Waals surface area contributed by atoms with Crippen molar-refractivity contribution in [1.29, 1.82) is 0 Å². The SMILES string of the molecule is CCc1ccc(CC)c(CNS(=O)(=O)c2ccc(Cl)c(C(=O)OC)c2)c1. The van der Waals surface area contributed by atoms with Crippen molar-refractivity contribution >= 4 is 27.6 Å². The quantitative estimate of drug-likeness (QED) is 0.725. The lowest BCUT2D eigenvalue weighted by Gasteiger charge is -2.12. The lowest BCUT2D eigenvalue weighted by Crippen LogP contribution is -2.24. The van der Waals surface area contributed by atoms with Gasteiger partial charge >= 0.3 is 5.97 Å². The zero-order valence-corrected chi connectivity index (χ0v) is 16.6. The number of carbonyl (C=O) groups is 1. The highest BCUT2D eigenvalue weighted by Crippen LogP contribution is 2.22. The zero-order chi connectivity index (χ0) is 19.3. The lowest BCUT2D eigenvalue weighted by atomic mass is 10.0. The maximum absolute atomic E-state index is 12.6. The molecule has 2 aromatic carbocycles. The molecule has 0 aliphatic heterocycles. The zero-order valence-electron chi connectivity index (χ0n) is 15.0. The van der Waals surface area contributed by atoms with E-state index >= 15 is 0 Å². The van der Waals surface area contributed by atoms with Gasteiger partial charge in [0.25, 0.3) is 0 Å². The molecule has 0 heterocycles. The van der Waals surface area contributed by atoms with Crippen molar-refractivity contribution < 1.29 is 17.9 Å². The second kappa shape index (κ2) is 8.66. The molecule has 5 nitrogen and oxygen atoms in total. The fourth-order valence-corrected chi connectivity index (χ4v) is 3.83. The van der Waals surface area contributed by atoms with Crippen molar-refractivity contribution in [2.75, 3.05) is 7.11 Å². The summed E-state index contributed by atoms with van der Waals surface area (Å²) in [6.45, 7) is 4.26. The van der Waals surface area contributed by atoms with E-state index in [0.717, 1.165) is 29.5 Å². The van der Waals surface area contributed by atoms with Crippen LogP contribution in [0.15, 0.2) is 41.3 Å². The van der Waals surface area contributed by atoms with Gasteiger partial charge in [-0.1, -0.05) is 43.6 Å². The largest absolute Gasteiger partial charge is 0.465 e. The van der Waals surface area contributed by atoms with Crippen LogP contribution < -0.4 is 4.72 Å². The fourth-order valence-electron chi connectivity index (χ4n) is 2.60. The van der Waals surface area contributed by atoms with Gasteiger partial charge in [-0.3, -0.25) is 0 Å². The Morgan fingerprint density at radius 1 is 1.08 bits per heavy atom. The Kier molecular flexibility index (Phi) is 6.81. The third-order valence-corrected chi connectivity index (χ3v) is 5.89. The van der Waals surface area contributed by atoms with E-state index in [1.54, 1.807) is 0 Å². The molecular formula is C19H22ClNO4S. The van der Waals surface area contributed by atoms with Crippen molar-refractivity contribution in [3.05, 3.63) is 63.7 Å². The summed E-state index contributed by atoms with van der Waals surface area (Å²) in [5.41, 5.74) is 3.20. The highest BCUT2D eigenvalue weighted by atomic mass is 35.5. The van der Waals surface area contributed by atoms with E-state index in [2.05, 4.69) is 22.4 Å². The monoisotopic (exact) mass is 395 g/mol. The molecule has 0 bridgehead atoms. The number of aryl methyl sites for hydroxylation is 2. The number of nitrogens with one attached hydrogen (secondary N) is 1. The van der Waals surface area contributed by atoms with E-state index in [4.69, 9.17) is 11.6 Å². The first-order chi connectivity index (χ1) is 12.3. The maximum atomic E-state index is 12.6. The Morgan fingerprint density at radius 3 is 2.42 bits per heavy atom. The summed E-state index contributed by atoms with van der Waals surface area (Å²) in [5, 5.41) is 0.139. The number of sulfonamides is 1. The minimum Gasteiger partial charge on any atom is -0.465 e. The van der Waals surface area contributed by atoms with Crippen molar-refractivity contribution in [1.82, 2.24) is 4.72 Å². The number of carbonyl (C=O) groups excluding carboxylic acids is 1. The standard InChI is InChI=1S/C19H22ClNO4S/c1-4-13-6-7-14(5-2)15(10-13)12-21-26(23,24)16-8-9-18(20)17(11-16)19(22)25-3/h6-11,21H,4-5,12H2,1-3H3. The number of hydrogen-bond donors (Lipinski definition) is 1. The number of benzene rings is 2. The number of hydrogen-bond acceptors (Lipinski definition) is 4. The minimum absolute atomic E-state index is 0.0132. The molecule has 0 radical (unpaired) electrons. The molecule has 0 aliphatic carbocycles. The number of methoxy groups -OCH3 is 1. The molecule has 0 saturated heterocycles. The van der Waals surface area contributed by atoms with Gasteiger partial charge in [0, 0.05) is 6.54 Å². The molecule has 0 saturated carbocycles. The van der Waals surface area contributed by atoms with Crippen LogP contribution in [-0.2, 0) is 34.1 Å². The summed E-state index contributed by atoms with van der Waals surface area (Å²) in [6, 6.07) is 10.1. The smallest absolute Gasteiger partial charge is 0.339 e. The third kappa shape index (κ3) is 4.63. The van der Waals surface area contributed by atoms with E-state index < -0.39 is 16.0 Å². The molecule has 0 spiro atoms. The van der Waals surface area contributed by atoms with Crippen LogP contribution in [0.4, 0.5) is 0 Å². The minimum atomic E-state index is -3.80. The molecule has 1 N–H and O–H groups in total. The van der Waals surface area contributed by atoms with Crippen LogP contribution in [0.3, 0.4) is 0 Å². The van der Waals surface area contributed by atoms with E-state index in [-0.39, 0.29) is 22.0 Å². The lowest BCUT2D eigenvalue weighted by molar-refractivity contribution is 0.0600. The average Bonchev–Trinajstić information content (AvgIpc) is 2.65. The van der Waals surface area contributed by atoms with Gasteiger partial charge in [0.15, 0.2) is 0 Å². The molecule has 0 aliphatic rings. The van der Waals surface area contributed by atoms with E-state index in [9.17, 15) is 13.2 Å². The summed E-state index contributed by atoms with van der Waals surface area (Å²) in [6.07, 6.45) is 1.69. The average molecular weight is 396 g/mol. The molecule has 0 amide bonds. The van der Waals surface area contributed by atoms with Crippen molar-refractivity contribution in [3.8, 4) is 0 Å². The first-order valence-electron chi connectivity index (χ1n) is 8.30. The highest BCUT2D eigenvalue weighted by molar-refractivity contribution is 7.89. The molecule has 0 fully saturated rings. The Labute approximate surface area is 159 Å². The Balaban J connectivity index is 2.29. The molecule has 0 aromatic heterocycles. The maximum Gasteiger partial charge on any atom is 0.339 e. The van der Waals surface area contributed by atoms with Gasteiger partial charge in [-0.05, 0) is 47.7 Å². The number of rotatable bonds is 7. The van der Waals surface area contributed by atoms with Gasteiger partial charge in [-0.15, -0.1) is 0 Å². The first kappa shape index (κ1) is 20.4. The van der Waals surface area contributed by atoms with Crippen LogP contribution >= 0.6 is 11.6 Å². The van der Waals surface area contributed by atoms with Crippen LogP contribution in [0.5, 0.6) is 0 Å². The summed E-state index contributed by atoms with van der Waals surface area (Å²) < 4.78 is 32.5. The van der Waals surface area contributed by atoms with E-state index in [1.807, 2.05) is 19.1 Å². The number of halogens is 1. The number of esters is 1. The van der Waals surface area contributed by atoms with Crippen LogP contribution in [0.25, 0.3) is 0 Å². The normalized spacial score (nSPS) is 11.4. The van der Waals surface area contributed by atoms with Crippen molar-refractivity contribution in [2.45, 2.75) is 38.1 Å².